The van der Waals surface area contributed by atoms with E-state index in [1.165, 1.54) is 47.8 Å². The first-order chi connectivity index (χ1) is 18.5. The van der Waals surface area contributed by atoms with Crippen molar-refractivity contribution in [1.82, 2.24) is 13.9 Å². The number of allylic oxidation sites excluding steroid dienone is 2. The van der Waals surface area contributed by atoms with Crippen LogP contribution in [0.2, 0.25) is 0 Å². The van der Waals surface area contributed by atoms with Crippen molar-refractivity contribution in [3.05, 3.63) is 86.5 Å². The molecule has 10 nitrogen and oxygen atoms in total. The molecule has 2 fully saturated rings. The van der Waals surface area contributed by atoms with Gasteiger partial charge >= 0.3 is 11.4 Å². The van der Waals surface area contributed by atoms with Crippen molar-refractivity contribution in [3.8, 4) is 11.5 Å². The number of benzene rings is 2. The van der Waals surface area contributed by atoms with Crippen molar-refractivity contribution in [2.24, 2.45) is 7.05 Å². The Labute approximate surface area is 230 Å². The van der Waals surface area contributed by atoms with Crippen molar-refractivity contribution >= 4 is 40.7 Å². The summed E-state index contributed by atoms with van der Waals surface area (Å²) in [5.74, 6) is -3.43. The fourth-order valence-corrected chi connectivity index (χ4v) is 6.95. The lowest BCUT2D eigenvalue weighted by Gasteiger charge is -2.49. The van der Waals surface area contributed by atoms with Gasteiger partial charge in [0.25, 0.3) is 11.8 Å². The Kier molecular flexibility index (Phi) is 5.44. The molecule has 0 bridgehead atoms. The number of imide groups is 1. The number of aromatic hydroxyl groups is 1. The highest BCUT2D eigenvalue weighted by atomic mass is 35.5. The number of anilines is 1. The van der Waals surface area contributed by atoms with Crippen LogP contribution in [0.4, 0.5) is 10.1 Å². The van der Waals surface area contributed by atoms with Crippen LogP contribution in [0.5, 0.6) is 11.5 Å². The standard InChI is InChI=1S/C26H21Cl2FN4O6/c1-30-23(37)31-10-9-16-17(33(31)24(30)38)12-25(27)21(35)32(15-6-4-14(29)5-7-15)22(36)26(25,28)20(16)13-3-8-19(39-2)18(34)11-13/h3-9,11,17,20,34H,10,12H2,1-2H3/t17-,20+,25-,26+/m1/s1. The van der Waals surface area contributed by atoms with Gasteiger partial charge in [-0.1, -0.05) is 12.1 Å². The second-order valence-electron chi connectivity index (χ2n) is 9.77. The number of aromatic nitrogens is 3. The molecule has 202 valence electrons. The number of phenols is 1. The van der Waals surface area contributed by atoms with E-state index in [9.17, 15) is 28.7 Å². The third-order valence-electron chi connectivity index (χ3n) is 7.89. The first-order valence-corrected chi connectivity index (χ1v) is 12.7. The SMILES string of the molecule is COc1ccc([C@H]2C3=CCn4c(=O)n(C)c(=O)n4[C@@H]3C[C@@]3(Cl)C(=O)N(c4ccc(F)cc4)C(=O)[C@@]23Cl)cc1O. The summed E-state index contributed by atoms with van der Waals surface area (Å²) in [5.41, 5.74) is -0.279. The van der Waals surface area contributed by atoms with Gasteiger partial charge in [0.2, 0.25) is 0 Å². The molecule has 1 saturated heterocycles. The predicted molar refractivity (Wildman–Crippen MR) is 139 cm³/mol. The molecule has 3 aliphatic rings. The lowest BCUT2D eigenvalue weighted by Crippen LogP contribution is -2.59. The molecule has 2 amide bonds. The molecule has 4 atom stereocenters. The summed E-state index contributed by atoms with van der Waals surface area (Å²) in [6.07, 6.45) is 1.41. The third kappa shape index (κ3) is 3.14. The summed E-state index contributed by atoms with van der Waals surface area (Å²) in [5, 5.41) is 10.6. The Balaban J connectivity index is 1.62. The lowest BCUT2D eigenvalue weighted by atomic mass is 9.64. The van der Waals surface area contributed by atoms with E-state index in [0.29, 0.717) is 11.1 Å². The highest BCUT2D eigenvalue weighted by molar-refractivity contribution is 6.58. The van der Waals surface area contributed by atoms with Crippen LogP contribution in [-0.2, 0) is 23.2 Å². The third-order valence-corrected chi connectivity index (χ3v) is 9.30. The molecule has 13 heteroatoms. The number of amides is 2. The molecule has 1 saturated carbocycles. The van der Waals surface area contributed by atoms with Crippen molar-refractivity contribution in [3.63, 3.8) is 0 Å². The number of ether oxygens (including phenoxy) is 1. The number of fused-ring (bicyclic) bond motifs is 4. The van der Waals surface area contributed by atoms with Crippen LogP contribution in [0.15, 0.2) is 63.7 Å². The van der Waals surface area contributed by atoms with E-state index < -0.39 is 50.7 Å². The van der Waals surface area contributed by atoms with Crippen molar-refractivity contribution < 1.29 is 23.8 Å². The minimum atomic E-state index is -2.11. The van der Waals surface area contributed by atoms with E-state index in [0.717, 1.165) is 21.6 Å². The Morgan fingerprint density at radius 2 is 1.72 bits per heavy atom. The van der Waals surface area contributed by atoms with Gasteiger partial charge in [-0.15, -0.1) is 23.2 Å². The molecule has 2 aliphatic heterocycles. The molecule has 1 aliphatic carbocycles. The van der Waals surface area contributed by atoms with E-state index in [2.05, 4.69) is 0 Å². The summed E-state index contributed by atoms with van der Waals surface area (Å²) >= 11 is 14.4. The summed E-state index contributed by atoms with van der Waals surface area (Å²) in [6, 6.07) is 8.25. The summed E-state index contributed by atoms with van der Waals surface area (Å²) in [6.45, 7) is 0.00541. The van der Waals surface area contributed by atoms with Gasteiger partial charge < -0.3 is 9.84 Å². The summed E-state index contributed by atoms with van der Waals surface area (Å²) < 4.78 is 22.2. The van der Waals surface area contributed by atoms with Gasteiger partial charge in [-0.2, -0.15) is 0 Å². The van der Waals surface area contributed by atoms with E-state index in [-0.39, 0.29) is 30.2 Å². The van der Waals surface area contributed by atoms with E-state index in [1.807, 2.05) is 0 Å². The molecule has 0 spiro atoms. The molecule has 3 heterocycles. The molecular weight excluding hydrogens is 554 g/mol. The number of nitrogens with zero attached hydrogens (tertiary/aromatic N) is 4. The molecule has 0 unspecified atom stereocenters. The molecule has 39 heavy (non-hydrogen) atoms. The second-order valence-corrected chi connectivity index (χ2v) is 11.0. The molecule has 1 aromatic heterocycles. The number of hydrogen-bond acceptors (Lipinski definition) is 6. The van der Waals surface area contributed by atoms with Crippen LogP contribution in [0.3, 0.4) is 0 Å². The van der Waals surface area contributed by atoms with Crippen LogP contribution < -0.4 is 21.0 Å². The molecule has 6 rings (SSSR count). The highest BCUT2D eigenvalue weighted by Gasteiger charge is 2.75. The lowest BCUT2D eigenvalue weighted by molar-refractivity contribution is -0.122. The van der Waals surface area contributed by atoms with Gasteiger partial charge in [0.05, 0.1) is 25.4 Å². The minimum Gasteiger partial charge on any atom is -0.504 e. The van der Waals surface area contributed by atoms with Crippen LogP contribution in [0.1, 0.15) is 23.9 Å². The van der Waals surface area contributed by atoms with Gasteiger partial charge in [0, 0.05) is 19.4 Å². The monoisotopic (exact) mass is 574 g/mol. The fourth-order valence-electron chi connectivity index (χ4n) is 6.03. The molecule has 1 N–H and O–H groups in total. The van der Waals surface area contributed by atoms with Crippen LogP contribution >= 0.6 is 23.2 Å². The average Bonchev–Trinajstić information content (AvgIpc) is 3.22. The molecule has 0 radical (unpaired) electrons. The maximum atomic E-state index is 14.2. The quantitative estimate of drug-likeness (QED) is 0.292. The first kappa shape index (κ1) is 25.4. The van der Waals surface area contributed by atoms with Crippen molar-refractivity contribution in [2.45, 2.75) is 34.7 Å². The zero-order valence-corrected chi connectivity index (χ0v) is 22.1. The average molecular weight is 575 g/mol. The van der Waals surface area contributed by atoms with Gasteiger partial charge in [-0.25, -0.2) is 32.8 Å². The van der Waals surface area contributed by atoms with Gasteiger partial charge in [0.15, 0.2) is 21.2 Å². The largest absolute Gasteiger partial charge is 0.504 e. The number of carbonyl (C=O) groups is 2. The first-order valence-electron chi connectivity index (χ1n) is 11.9. The normalized spacial score (nSPS) is 27.6. The minimum absolute atomic E-state index is 0.00541. The summed E-state index contributed by atoms with van der Waals surface area (Å²) in [4.78, 5) is 50.7. The maximum absolute atomic E-state index is 14.2. The zero-order chi connectivity index (χ0) is 28.0. The van der Waals surface area contributed by atoms with E-state index >= 15 is 0 Å². The number of methoxy groups -OCH3 is 1. The van der Waals surface area contributed by atoms with E-state index in [4.69, 9.17) is 27.9 Å². The number of rotatable bonds is 3. The Bertz CT molecular complexity index is 1730. The Morgan fingerprint density at radius 3 is 2.36 bits per heavy atom. The molecule has 3 aromatic rings. The zero-order valence-electron chi connectivity index (χ0n) is 20.6. The number of halogens is 3. The van der Waals surface area contributed by atoms with Gasteiger partial charge in [-0.05, 0) is 47.5 Å². The topological polar surface area (TPSA) is 116 Å². The van der Waals surface area contributed by atoms with Gasteiger partial charge in [-0.3, -0.25) is 9.59 Å². The van der Waals surface area contributed by atoms with Crippen LogP contribution in [0, 0.1) is 5.82 Å². The number of phenolic OH excluding ortho intramolecular Hbond substituents is 1. The van der Waals surface area contributed by atoms with Crippen molar-refractivity contribution in [1.29, 1.82) is 0 Å². The maximum Gasteiger partial charge on any atom is 0.347 e. The van der Waals surface area contributed by atoms with Crippen LogP contribution in [-0.4, -0.2) is 47.7 Å². The number of alkyl halides is 2. The summed E-state index contributed by atoms with van der Waals surface area (Å²) in [7, 11) is 2.72. The smallest absolute Gasteiger partial charge is 0.347 e. The molecule has 2 aromatic carbocycles. The van der Waals surface area contributed by atoms with Crippen molar-refractivity contribution in [2.75, 3.05) is 12.0 Å². The second kappa shape index (κ2) is 8.33. The predicted octanol–water partition coefficient (Wildman–Crippen LogP) is 2.40. The number of hydrogen-bond donors (Lipinski definition) is 1. The number of carbonyl (C=O) groups excluding carboxylic acids is 2. The van der Waals surface area contributed by atoms with Gasteiger partial charge in [0.1, 0.15) is 5.82 Å². The van der Waals surface area contributed by atoms with Crippen LogP contribution in [0.25, 0.3) is 0 Å². The molecular formula is C26H21Cl2FN4O6. The fraction of sp³-hybridized carbons (Fsp3) is 0.308. The highest BCUT2D eigenvalue weighted by Crippen LogP contribution is 2.64. The Morgan fingerprint density at radius 1 is 1.03 bits per heavy atom. The Hall–Kier alpha value is -3.83. The van der Waals surface area contributed by atoms with E-state index in [1.54, 1.807) is 12.1 Å².